The average molecular weight is 384 g/mol. The van der Waals surface area contributed by atoms with Crippen molar-refractivity contribution >= 4 is 5.91 Å². The molecule has 3 aromatic rings. The Morgan fingerprint density at radius 3 is 2.57 bits per heavy atom. The monoisotopic (exact) mass is 384 g/mol. The third kappa shape index (κ3) is 4.04. The van der Waals surface area contributed by atoms with Gasteiger partial charge < -0.3 is 4.90 Å². The standard InChI is InChI=1S/C20H15F3N4O/c1-26(13-15-3-2-4-16(11-15)20(21,22)23)19(28)18-25-9-10-27(18)17-7-5-14(12-24)6-8-17/h2-11H,13H2,1H3. The van der Waals surface area contributed by atoms with Crippen molar-refractivity contribution in [2.24, 2.45) is 0 Å². The summed E-state index contributed by atoms with van der Waals surface area (Å²) >= 11 is 0. The van der Waals surface area contributed by atoms with Crippen LogP contribution in [0.3, 0.4) is 0 Å². The van der Waals surface area contributed by atoms with Gasteiger partial charge in [0.15, 0.2) is 0 Å². The Morgan fingerprint density at radius 1 is 1.21 bits per heavy atom. The minimum absolute atomic E-state index is 0.00296. The molecular formula is C20H15F3N4O. The molecule has 1 heterocycles. The summed E-state index contributed by atoms with van der Waals surface area (Å²) in [6.07, 6.45) is -1.37. The maximum atomic E-state index is 12.9. The number of hydrogen-bond acceptors (Lipinski definition) is 3. The van der Waals surface area contributed by atoms with Crippen LogP contribution < -0.4 is 0 Å². The second-order valence-electron chi connectivity index (χ2n) is 6.14. The number of hydrogen-bond donors (Lipinski definition) is 0. The number of alkyl halides is 3. The van der Waals surface area contributed by atoms with Gasteiger partial charge in [0.05, 0.1) is 17.2 Å². The number of amides is 1. The van der Waals surface area contributed by atoms with E-state index >= 15 is 0 Å². The number of nitriles is 1. The smallest absolute Gasteiger partial charge is 0.335 e. The first-order chi connectivity index (χ1) is 13.3. The molecule has 2 aromatic carbocycles. The van der Waals surface area contributed by atoms with E-state index in [1.807, 2.05) is 6.07 Å². The molecule has 0 aliphatic rings. The molecule has 0 aliphatic carbocycles. The number of imidazole rings is 1. The van der Waals surface area contributed by atoms with Gasteiger partial charge in [0.25, 0.3) is 5.91 Å². The largest absolute Gasteiger partial charge is 0.416 e. The van der Waals surface area contributed by atoms with Crippen LogP contribution in [0.5, 0.6) is 0 Å². The number of carbonyl (C=O) groups is 1. The average Bonchev–Trinajstić information content (AvgIpc) is 3.16. The van der Waals surface area contributed by atoms with Crippen molar-refractivity contribution in [3.63, 3.8) is 0 Å². The third-order valence-corrected chi connectivity index (χ3v) is 4.13. The molecular weight excluding hydrogens is 369 g/mol. The Hall–Kier alpha value is -3.60. The van der Waals surface area contributed by atoms with Gasteiger partial charge in [0.1, 0.15) is 0 Å². The lowest BCUT2D eigenvalue weighted by molar-refractivity contribution is -0.137. The first-order valence-electron chi connectivity index (χ1n) is 8.25. The van der Waals surface area contributed by atoms with Gasteiger partial charge >= 0.3 is 6.18 Å². The predicted molar refractivity (Wildman–Crippen MR) is 95.5 cm³/mol. The summed E-state index contributed by atoms with van der Waals surface area (Å²) in [6.45, 7) is 0.00296. The molecule has 0 radical (unpaired) electrons. The lowest BCUT2D eigenvalue weighted by Crippen LogP contribution is -2.28. The molecule has 0 aliphatic heterocycles. The molecule has 3 rings (SSSR count). The van der Waals surface area contributed by atoms with Crippen LogP contribution in [0, 0.1) is 11.3 Å². The molecule has 0 spiro atoms. The summed E-state index contributed by atoms with van der Waals surface area (Å²) in [7, 11) is 1.50. The van der Waals surface area contributed by atoms with Gasteiger partial charge in [0.2, 0.25) is 5.82 Å². The van der Waals surface area contributed by atoms with E-state index < -0.39 is 17.6 Å². The quantitative estimate of drug-likeness (QED) is 0.682. The second kappa shape index (κ2) is 7.56. The number of carbonyl (C=O) groups excluding carboxylic acids is 1. The van der Waals surface area contributed by atoms with Crippen molar-refractivity contribution in [2.45, 2.75) is 12.7 Å². The van der Waals surface area contributed by atoms with Gasteiger partial charge in [-0.1, -0.05) is 12.1 Å². The minimum atomic E-state index is -4.44. The number of aromatic nitrogens is 2. The molecule has 0 saturated heterocycles. The summed E-state index contributed by atoms with van der Waals surface area (Å²) in [5, 5.41) is 8.88. The van der Waals surface area contributed by atoms with Crippen molar-refractivity contribution in [1.29, 1.82) is 5.26 Å². The summed E-state index contributed by atoms with van der Waals surface area (Å²) in [6, 6.07) is 13.5. The van der Waals surface area contributed by atoms with Crippen molar-refractivity contribution in [2.75, 3.05) is 7.05 Å². The first-order valence-corrected chi connectivity index (χ1v) is 8.25. The summed E-state index contributed by atoms with van der Waals surface area (Å²) in [4.78, 5) is 18.2. The maximum absolute atomic E-state index is 12.9. The molecule has 142 valence electrons. The Labute approximate surface area is 159 Å². The van der Waals surface area contributed by atoms with Crippen molar-refractivity contribution in [3.05, 3.63) is 83.4 Å². The normalized spacial score (nSPS) is 11.1. The van der Waals surface area contributed by atoms with E-state index in [4.69, 9.17) is 5.26 Å². The van der Waals surface area contributed by atoms with Crippen molar-refractivity contribution in [1.82, 2.24) is 14.5 Å². The Bertz CT molecular complexity index is 1030. The number of halogens is 3. The van der Waals surface area contributed by atoms with Crippen molar-refractivity contribution < 1.29 is 18.0 Å². The van der Waals surface area contributed by atoms with E-state index in [-0.39, 0.29) is 12.4 Å². The van der Waals surface area contributed by atoms with Crippen LogP contribution >= 0.6 is 0 Å². The van der Waals surface area contributed by atoms with E-state index in [0.29, 0.717) is 16.8 Å². The summed E-state index contributed by atoms with van der Waals surface area (Å²) < 4.78 is 40.2. The fourth-order valence-electron chi connectivity index (χ4n) is 2.73. The lowest BCUT2D eigenvalue weighted by atomic mass is 10.1. The molecule has 0 atom stereocenters. The Balaban J connectivity index is 1.81. The fraction of sp³-hybridized carbons (Fsp3) is 0.150. The van der Waals surface area contributed by atoms with Crippen LogP contribution in [0.2, 0.25) is 0 Å². The molecule has 1 amide bonds. The van der Waals surface area contributed by atoms with Crippen LogP contribution in [0.4, 0.5) is 13.2 Å². The van der Waals surface area contributed by atoms with E-state index in [9.17, 15) is 18.0 Å². The van der Waals surface area contributed by atoms with Crippen LogP contribution in [0.1, 0.15) is 27.3 Å². The fourth-order valence-corrected chi connectivity index (χ4v) is 2.73. The van der Waals surface area contributed by atoms with Crippen LogP contribution in [0.15, 0.2) is 60.9 Å². The summed E-state index contributed by atoms with van der Waals surface area (Å²) in [5.74, 6) is -0.314. The van der Waals surface area contributed by atoms with E-state index in [1.165, 1.54) is 30.3 Å². The van der Waals surface area contributed by atoms with E-state index in [0.717, 1.165) is 12.1 Å². The highest BCUT2D eigenvalue weighted by atomic mass is 19.4. The Kier molecular flexibility index (Phi) is 5.18. The predicted octanol–water partition coefficient (Wildman–Crippen LogP) is 4.03. The zero-order valence-electron chi connectivity index (χ0n) is 14.8. The Morgan fingerprint density at radius 2 is 1.93 bits per heavy atom. The highest BCUT2D eigenvalue weighted by Gasteiger charge is 2.30. The molecule has 0 saturated carbocycles. The second-order valence-corrected chi connectivity index (χ2v) is 6.14. The molecule has 0 fully saturated rings. The molecule has 0 unspecified atom stereocenters. The van der Waals surface area contributed by atoms with Gasteiger partial charge in [-0.2, -0.15) is 18.4 Å². The lowest BCUT2D eigenvalue weighted by Gasteiger charge is -2.18. The first kappa shape index (κ1) is 19.2. The minimum Gasteiger partial charge on any atom is -0.335 e. The SMILES string of the molecule is CN(Cc1cccc(C(F)(F)F)c1)C(=O)c1nccn1-c1ccc(C#N)cc1. The van der Waals surface area contributed by atoms with Crippen molar-refractivity contribution in [3.8, 4) is 11.8 Å². The molecule has 5 nitrogen and oxygen atoms in total. The topological polar surface area (TPSA) is 61.9 Å². The van der Waals surface area contributed by atoms with E-state index in [1.54, 1.807) is 35.0 Å². The molecule has 28 heavy (non-hydrogen) atoms. The van der Waals surface area contributed by atoms with Gasteiger partial charge in [-0.3, -0.25) is 9.36 Å². The number of nitrogens with zero attached hydrogens (tertiary/aromatic N) is 4. The van der Waals surface area contributed by atoms with E-state index in [2.05, 4.69) is 4.98 Å². The molecule has 8 heteroatoms. The van der Waals surface area contributed by atoms with Gasteiger partial charge in [-0.15, -0.1) is 0 Å². The van der Waals surface area contributed by atoms with Gasteiger partial charge in [-0.25, -0.2) is 4.98 Å². The van der Waals surface area contributed by atoms with Crippen LogP contribution in [0.25, 0.3) is 5.69 Å². The summed E-state index contributed by atoms with van der Waals surface area (Å²) in [5.41, 5.74) is 0.734. The highest BCUT2D eigenvalue weighted by molar-refractivity contribution is 5.91. The zero-order chi connectivity index (χ0) is 20.3. The maximum Gasteiger partial charge on any atom is 0.416 e. The van der Waals surface area contributed by atoms with Crippen LogP contribution in [-0.2, 0) is 12.7 Å². The molecule has 0 N–H and O–H groups in total. The van der Waals surface area contributed by atoms with Crippen LogP contribution in [-0.4, -0.2) is 27.4 Å². The van der Waals surface area contributed by atoms with Gasteiger partial charge in [-0.05, 0) is 42.0 Å². The zero-order valence-corrected chi connectivity index (χ0v) is 14.8. The molecule has 1 aromatic heterocycles. The number of rotatable bonds is 4. The third-order valence-electron chi connectivity index (χ3n) is 4.13. The number of benzene rings is 2. The highest BCUT2D eigenvalue weighted by Crippen LogP contribution is 2.29. The van der Waals surface area contributed by atoms with Gasteiger partial charge in [0, 0.05) is 31.7 Å². The molecule has 0 bridgehead atoms.